The first-order valence-electron chi connectivity index (χ1n) is 6.61. The van der Waals surface area contributed by atoms with Gasteiger partial charge in [-0.15, -0.1) is 0 Å². The molecule has 2 rings (SSSR count). The molecule has 0 saturated heterocycles. The summed E-state index contributed by atoms with van der Waals surface area (Å²) in [7, 11) is 1.66. The van der Waals surface area contributed by atoms with Crippen LogP contribution < -0.4 is 4.74 Å². The Hall–Kier alpha value is -1.77. The van der Waals surface area contributed by atoms with Gasteiger partial charge in [-0.05, 0) is 29.9 Å². The molecule has 1 aliphatic rings. The van der Waals surface area contributed by atoms with Gasteiger partial charge >= 0.3 is 5.97 Å². The van der Waals surface area contributed by atoms with E-state index in [9.17, 15) is 9.90 Å². The Morgan fingerprint density at radius 2 is 2.00 bits per heavy atom. The number of methoxy groups -OCH3 is 1. The van der Waals surface area contributed by atoms with Crippen molar-refractivity contribution in [3.63, 3.8) is 0 Å². The zero-order chi connectivity index (χ0) is 14.0. The van der Waals surface area contributed by atoms with E-state index >= 15 is 0 Å². The zero-order valence-electron chi connectivity index (χ0n) is 11.6. The summed E-state index contributed by atoms with van der Waals surface area (Å²) in [5.41, 5.74) is 2.27. The monoisotopic (exact) mass is 260 g/mol. The fourth-order valence-electron chi connectivity index (χ4n) is 3.06. The molecule has 0 fully saturated rings. The predicted octanol–water partition coefficient (Wildman–Crippen LogP) is 3.46. The molecule has 0 aromatic heterocycles. The topological polar surface area (TPSA) is 46.5 Å². The fraction of sp³-hybridized carbons (Fsp3) is 0.438. The number of hydrogen-bond donors (Lipinski definition) is 1. The molecule has 1 aromatic rings. The number of para-hydroxylation sites is 1. The van der Waals surface area contributed by atoms with Gasteiger partial charge in [-0.3, -0.25) is 4.79 Å². The van der Waals surface area contributed by atoms with Gasteiger partial charge in [0.25, 0.3) is 0 Å². The van der Waals surface area contributed by atoms with E-state index in [1.165, 1.54) is 5.57 Å². The highest BCUT2D eigenvalue weighted by Gasteiger charge is 2.34. The lowest BCUT2D eigenvalue weighted by Gasteiger charge is -2.31. The molecular weight excluding hydrogens is 240 g/mol. The van der Waals surface area contributed by atoms with E-state index in [4.69, 9.17) is 4.74 Å². The van der Waals surface area contributed by atoms with Gasteiger partial charge in [-0.2, -0.15) is 0 Å². The van der Waals surface area contributed by atoms with Crippen molar-refractivity contribution in [2.24, 2.45) is 17.8 Å². The summed E-state index contributed by atoms with van der Waals surface area (Å²) in [6, 6.07) is 7.90. The van der Waals surface area contributed by atoms with Crippen molar-refractivity contribution >= 4 is 11.5 Å². The Morgan fingerprint density at radius 1 is 1.32 bits per heavy atom. The van der Waals surface area contributed by atoms with Crippen LogP contribution in [0.25, 0.3) is 5.57 Å². The standard InChI is InChI=1S/C16H20O3/c1-10-8-12(9-11(2)15(10)16(17)18)13-6-4-5-7-14(13)19-3/h4-8,10-11,15H,9H2,1-3H3,(H,17,18)/t10-,11+,15+/m1/s1. The second-order valence-corrected chi connectivity index (χ2v) is 5.30. The van der Waals surface area contributed by atoms with Gasteiger partial charge in [0.15, 0.2) is 0 Å². The van der Waals surface area contributed by atoms with Crippen LogP contribution in [-0.2, 0) is 4.79 Å². The molecule has 0 aliphatic heterocycles. The van der Waals surface area contributed by atoms with Crippen molar-refractivity contribution < 1.29 is 14.6 Å². The molecule has 1 N–H and O–H groups in total. The van der Waals surface area contributed by atoms with Crippen LogP contribution in [0.4, 0.5) is 0 Å². The van der Waals surface area contributed by atoms with Crippen molar-refractivity contribution in [2.75, 3.05) is 7.11 Å². The van der Waals surface area contributed by atoms with Gasteiger partial charge in [0.05, 0.1) is 13.0 Å². The molecule has 0 spiro atoms. The molecule has 0 unspecified atom stereocenters. The fourth-order valence-corrected chi connectivity index (χ4v) is 3.06. The van der Waals surface area contributed by atoms with Crippen LogP contribution in [0.3, 0.4) is 0 Å². The van der Waals surface area contributed by atoms with Crippen molar-refractivity contribution in [1.29, 1.82) is 0 Å². The van der Waals surface area contributed by atoms with Crippen LogP contribution >= 0.6 is 0 Å². The minimum atomic E-state index is -0.699. The van der Waals surface area contributed by atoms with E-state index in [0.29, 0.717) is 0 Å². The molecule has 0 amide bonds. The van der Waals surface area contributed by atoms with E-state index in [2.05, 4.69) is 6.08 Å². The van der Waals surface area contributed by atoms with Crippen molar-refractivity contribution in [3.05, 3.63) is 35.9 Å². The Kier molecular flexibility index (Phi) is 3.93. The molecule has 0 heterocycles. The first kappa shape index (κ1) is 13.7. The smallest absolute Gasteiger partial charge is 0.307 e. The summed E-state index contributed by atoms with van der Waals surface area (Å²) in [6.45, 7) is 3.99. The van der Waals surface area contributed by atoms with E-state index in [0.717, 1.165) is 17.7 Å². The predicted molar refractivity (Wildman–Crippen MR) is 75.0 cm³/mol. The summed E-state index contributed by atoms with van der Waals surface area (Å²) in [5, 5.41) is 9.28. The highest BCUT2D eigenvalue weighted by molar-refractivity contribution is 5.76. The molecule has 3 atom stereocenters. The average Bonchev–Trinajstić information content (AvgIpc) is 2.37. The molecule has 19 heavy (non-hydrogen) atoms. The van der Waals surface area contributed by atoms with Crippen LogP contribution in [0.15, 0.2) is 30.3 Å². The van der Waals surface area contributed by atoms with Crippen molar-refractivity contribution in [2.45, 2.75) is 20.3 Å². The van der Waals surface area contributed by atoms with Crippen LogP contribution in [0.1, 0.15) is 25.8 Å². The SMILES string of the molecule is COc1ccccc1C1=C[C@@H](C)[C@H](C(=O)O)[C@@H](C)C1. The van der Waals surface area contributed by atoms with E-state index in [-0.39, 0.29) is 17.8 Å². The molecule has 0 radical (unpaired) electrons. The third kappa shape index (κ3) is 2.65. The first-order chi connectivity index (χ1) is 9.04. The molecule has 1 aliphatic carbocycles. The average molecular weight is 260 g/mol. The summed E-state index contributed by atoms with van der Waals surface area (Å²) in [4.78, 5) is 11.3. The van der Waals surface area contributed by atoms with Gasteiger partial charge in [-0.25, -0.2) is 0 Å². The second kappa shape index (κ2) is 5.47. The lowest BCUT2D eigenvalue weighted by Crippen LogP contribution is -2.30. The molecule has 1 aromatic carbocycles. The number of benzene rings is 1. The van der Waals surface area contributed by atoms with E-state index < -0.39 is 5.97 Å². The Labute approximate surface area is 113 Å². The first-order valence-corrected chi connectivity index (χ1v) is 6.61. The maximum atomic E-state index is 11.3. The quantitative estimate of drug-likeness (QED) is 0.905. The summed E-state index contributed by atoms with van der Waals surface area (Å²) in [6.07, 6.45) is 2.86. The van der Waals surface area contributed by atoms with Crippen molar-refractivity contribution in [3.8, 4) is 5.75 Å². The lowest BCUT2D eigenvalue weighted by molar-refractivity contribution is -0.144. The van der Waals surface area contributed by atoms with Crippen molar-refractivity contribution in [1.82, 2.24) is 0 Å². The second-order valence-electron chi connectivity index (χ2n) is 5.30. The van der Waals surface area contributed by atoms with E-state index in [1.54, 1.807) is 7.11 Å². The lowest BCUT2D eigenvalue weighted by atomic mass is 9.73. The molecule has 3 heteroatoms. The molecule has 0 bridgehead atoms. The van der Waals surface area contributed by atoms with Crippen LogP contribution in [0, 0.1) is 17.8 Å². The van der Waals surface area contributed by atoms with Gasteiger partial charge in [-0.1, -0.05) is 38.1 Å². The minimum Gasteiger partial charge on any atom is -0.496 e. The van der Waals surface area contributed by atoms with Crippen LogP contribution in [0.2, 0.25) is 0 Å². The molecular formula is C16H20O3. The van der Waals surface area contributed by atoms with Gasteiger partial charge in [0.1, 0.15) is 5.75 Å². The summed E-state index contributed by atoms with van der Waals surface area (Å²) < 4.78 is 5.39. The van der Waals surface area contributed by atoms with Gasteiger partial charge in [0, 0.05) is 5.56 Å². The number of carboxylic acid groups (broad SMARTS) is 1. The maximum Gasteiger partial charge on any atom is 0.307 e. The number of rotatable bonds is 3. The normalized spacial score (nSPS) is 26.7. The molecule has 0 saturated carbocycles. The molecule has 102 valence electrons. The highest BCUT2D eigenvalue weighted by atomic mass is 16.5. The number of aliphatic carboxylic acids is 1. The maximum absolute atomic E-state index is 11.3. The van der Waals surface area contributed by atoms with Crippen LogP contribution in [-0.4, -0.2) is 18.2 Å². The largest absolute Gasteiger partial charge is 0.496 e. The Bertz CT molecular complexity index is 504. The number of carboxylic acids is 1. The van der Waals surface area contributed by atoms with Gasteiger partial charge in [0.2, 0.25) is 0 Å². The minimum absolute atomic E-state index is 0.0427. The third-order valence-corrected chi connectivity index (χ3v) is 3.92. The highest BCUT2D eigenvalue weighted by Crippen LogP contribution is 2.40. The Balaban J connectivity index is 2.37. The summed E-state index contributed by atoms with van der Waals surface area (Å²) >= 11 is 0. The van der Waals surface area contributed by atoms with E-state index in [1.807, 2.05) is 38.1 Å². The number of allylic oxidation sites excluding steroid dienone is 2. The number of carbonyl (C=O) groups is 1. The molecule has 3 nitrogen and oxygen atoms in total. The zero-order valence-corrected chi connectivity index (χ0v) is 11.6. The third-order valence-electron chi connectivity index (χ3n) is 3.92. The summed E-state index contributed by atoms with van der Waals surface area (Å²) in [5.74, 6) is 0.0364. The number of ether oxygens (including phenoxy) is 1. The van der Waals surface area contributed by atoms with Gasteiger partial charge < -0.3 is 9.84 Å². The number of hydrogen-bond acceptors (Lipinski definition) is 2. The van der Waals surface area contributed by atoms with Crippen LogP contribution in [0.5, 0.6) is 5.75 Å². The Morgan fingerprint density at radius 3 is 2.58 bits per heavy atom.